The Morgan fingerprint density at radius 1 is 1.21 bits per heavy atom. The number of halogens is 4. The second-order valence-corrected chi connectivity index (χ2v) is 12.0. The van der Waals surface area contributed by atoms with Crippen molar-refractivity contribution in [1.82, 2.24) is 0 Å². The standard InChI is InChI=1S/C17H22F3IO7S/c1-9(21)13(22)28-16-5-10-2-11(6-16)4-15(3-10,8-16)14(23)27-12(17(18,19)20)7-29(24,25)26/h9-12H,2-8H2,1H3,(H,24,25,26). The van der Waals surface area contributed by atoms with E-state index in [1.54, 1.807) is 6.92 Å². The van der Waals surface area contributed by atoms with Gasteiger partial charge in [0.25, 0.3) is 10.1 Å². The first kappa shape index (κ1) is 23.0. The highest BCUT2D eigenvalue weighted by atomic mass is 127. The Labute approximate surface area is 179 Å². The molecule has 4 bridgehead atoms. The zero-order valence-electron chi connectivity index (χ0n) is 15.6. The van der Waals surface area contributed by atoms with Crippen LogP contribution in [0.25, 0.3) is 0 Å². The summed E-state index contributed by atoms with van der Waals surface area (Å²) in [6.07, 6.45) is -5.47. The molecule has 0 aromatic carbocycles. The lowest BCUT2D eigenvalue weighted by atomic mass is 9.48. The summed E-state index contributed by atoms with van der Waals surface area (Å²) >= 11 is 1.91. The molecule has 4 rings (SSSR count). The van der Waals surface area contributed by atoms with E-state index in [9.17, 15) is 31.2 Å². The zero-order valence-corrected chi connectivity index (χ0v) is 18.5. The molecule has 0 spiro atoms. The van der Waals surface area contributed by atoms with Gasteiger partial charge in [0, 0.05) is 6.42 Å². The number of carbonyl (C=O) groups is 2. The van der Waals surface area contributed by atoms with E-state index >= 15 is 0 Å². The van der Waals surface area contributed by atoms with Gasteiger partial charge in [-0.1, -0.05) is 22.6 Å². The van der Waals surface area contributed by atoms with Crippen molar-refractivity contribution in [3.8, 4) is 0 Å². The van der Waals surface area contributed by atoms with Crippen molar-refractivity contribution < 1.29 is 45.2 Å². The maximum Gasteiger partial charge on any atom is 0.426 e. The van der Waals surface area contributed by atoms with Crippen LogP contribution < -0.4 is 0 Å². The van der Waals surface area contributed by atoms with Crippen molar-refractivity contribution >= 4 is 44.6 Å². The van der Waals surface area contributed by atoms with E-state index in [2.05, 4.69) is 4.74 Å². The van der Waals surface area contributed by atoms with E-state index in [-0.39, 0.29) is 18.3 Å². The van der Waals surface area contributed by atoms with Gasteiger partial charge in [-0.05, 0) is 50.9 Å². The monoisotopic (exact) mass is 554 g/mol. The Bertz CT molecular complexity index is 781. The molecule has 4 saturated carbocycles. The lowest BCUT2D eigenvalue weighted by molar-refractivity contribution is -0.237. The zero-order chi connectivity index (χ0) is 21.8. The number of ether oxygens (including phenoxy) is 2. The van der Waals surface area contributed by atoms with E-state index < -0.39 is 55.0 Å². The van der Waals surface area contributed by atoms with Gasteiger partial charge in [-0.15, -0.1) is 0 Å². The maximum absolute atomic E-state index is 13.2. The summed E-state index contributed by atoms with van der Waals surface area (Å²) in [6.45, 7) is 1.66. The third-order valence-electron chi connectivity index (χ3n) is 6.06. The van der Waals surface area contributed by atoms with Gasteiger partial charge < -0.3 is 9.47 Å². The molecule has 0 amide bonds. The molecule has 7 nitrogen and oxygen atoms in total. The van der Waals surface area contributed by atoms with Crippen LogP contribution in [-0.2, 0) is 29.2 Å². The highest BCUT2D eigenvalue weighted by molar-refractivity contribution is 14.1. The van der Waals surface area contributed by atoms with Crippen molar-refractivity contribution in [2.45, 2.75) is 67.3 Å². The van der Waals surface area contributed by atoms with E-state index in [4.69, 9.17) is 9.29 Å². The van der Waals surface area contributed by atoms with Crippen molar-refractivity contribution in [3.63, 3.8) is 0 Å². The van der Waals surface area contributed by atoms with Gasteiger partial charge in [-0.25, -0.2) is 0 Å². The third-order valence-corrected chi connectivity index (χ3v) is 7.29. The summed E-state index contributed by atoms with van der Waals surface area (Å²) in [5.41, 5.74) is -2.15. The molecule has 4 unspecified atom stereocenters. The normalized spacial score (nSPS) is 35.8. The van der Waals surface area contributed by atoms with Crippen molar-refractivity contribution in [2.24, 2.45) is 17.3 Å². The van der Waals surface area contributed by atoms with Crippen LogP contribution in [0.5, 0.6) is 0 Å². The molecular weight excluding hydrogens is 532 g/mol. The molecule has 0 saturated heterocycles. The van der Waals surface area contributed by atoms with Crippen LogP contribution in [0.4, 0.5) is 13.2 Å². The minimum Gasteiger partial charge on any atom is -0.458 e. The average molecular weight is 554 g/mol. The van der Waals surface area contributed by atoms with Gasteiger partial charge in [-0.2, -0.15) is 21.6 Å². The van der Waals surface area contributed by atoms with Gasteiger partial charge in [0.15, 0.2) is 0 Å². The Hall–Kier alpha value is -0.630. The van der Waals surface area contributed by atoms with Gasteiger partial charge in [0.2, 0.25) is 6.10 Å². The van der Waals surface area contributed by atoms with Crippen LogP contribution in [0.1, 0.15) is 45.4 Å². The van der Waals surface area contributed by atoms with E-state index in [0.29, 0.717) is 25.7 Å². The smallest absolute Gasteiger partial charge is 0.426 e. The largest absolute Gasteiger partial charge is 0.458 e. The molecule has 4 aliphatic rings. The average Bonchev–Trinajstić information content (AvgIpc) is 2.50. The number of carbonyl (C=O) groups excluding carboxylic acids is 2. The fourth-order valence-electron chi connectivity index (χ4n) is 5.47. The fourth-order valence-corrected chi connectivity index (χ4v) is 6.24. The molecule has 0 radical (unpaired) electrons. The van der Waals surface area contributed by atoms with Crippen LogP contribution in [0.3, 0.4) is 0 Å². The summed E-state index contributed by atoms with van der Waals surface area (Å²) in [5, 5.41) is 0. The highest BCUT2D eigenvalue weighted by Crippen LogP contribution is 2.63. The van der Waals surface area contributed by atoms with Crippen LogP contribution in [0.15, 0.2) is 0 Å². The molecule has 4 aliphatic carbocycles. The minimum atomic E-state index is -5.14. The number of hydrogen-bond donors (Lipinski definition) is 1. The third kappa shape index (κ3) is 5.00. The predicted molar refractivity (Wildman–Crippen MR) is 102 cm³/mol. The van der Waals surface area contributed by atoms with Crippen molar-refractivity contribution in [3.05, 3.63) is 0 Å². The lowest BCUT2D eigenvalue weighted by Gasteiger charge is -2.59. The first-order valence-electron chi connectivity index (χ1n) is 9.23. The van der Waals surface area contributed by atoms with Crippen LogP contribution in [-0.4, -0.2) is 52.5 Å². The van der Waals surface area contributed by atoms with Gasteiger partial charge in [-0.3, -0.25) is 14.1 Å². The fraction of sp³-hybridized carbons (Fsp3) is 0.882. The number of esters is 2. The first-order valence-corrected chi connectivity index (χ1v) is 12.1. The molecule has 4 fully saturated rings. The quantitative estimate of drug-likeness (QED) is 0.233. The molecule has 0 heterocycles. The van der Waals surface area contributed by atoms with Crippen LogP contribution >= 0.6 is 22.6 Å². The van der Waals surface area contributed by atoms with Crippen LogP contribution in [0, 0.1) is 17.3 Å². The molecule has 0 aromatic rings. The summed E-state index contributed by atoms with van der Waals surface area (Å²) in [7, 11) is -5.01. The summed E-state index contributed by atoms with van der Waals surface area (Å²) in [4.78, 5) is 25.0. The SMILES string of the molecule is CC(I)C(=O)OC12CC3CC(C1)CC(C(=O)OC(CS(=O)(=O)O)C(F)(F)F)(C3)C2. The predicted octanol–water partition coefficient (Wildman–Crippen LogP) is 3.05. The first-order chi connectivity index (χ1) is 13.1. The highest BCUT2D eigenvalue weighted by Gasteiger charge is 2.64. The second kappa shape index (κ2) is 7.50. The molecule has 0 aliphatic heterocycles. The van der Waals surface area contributed by atoms with Gasteiger partial charge in [0.05, 0.1) is 5.41 Å². The Morgan fingerprint density at radius 2 is 1.76 bits per heavy atom. The Kier molecular flexibility index (Phi) is 5.96. The number of alkyl halides is 4. The molecular formula is C17H22F3IO7S. The number of rotatable bonds is 6. The summed E-state index contributed by atoms with van der Waals surface area (Å²) in [6, 6.07) is 0. The lowest BCUT2D eigenvalue weighted by Crippen LogP contribution is -2.61. The van der Waals surface area contributed by atoms with Crippen molar-refractivity contribution in [1.29, 1.82) is 0 Å². The Balaban J connectivity index is 1.83. The Morgan fingerprint density at radius 3 is 2.21 bits per heavy atom. The van der Waals surface area contributed by atoms with E-state index in [0.717, 1.165) is 6.42 Å². The molecule has 4 atom stereocenters. The van der Waals surface area contributed by atoms with Gasteiger partial charge in [0.1, 0.15) is 15.3 Å². The summed E-state index contributed by atoms with van der Waals surface area (Å²) < 4.78 is 80.3. The summed E-state index contributed by atoms with van der Waals surface area (Å²) in [5.74, 6) is -3.28. The van der Waals surface area contributed by atoms with E-state index in [1.807, 2.05) is 22.6 Å². The van der Waals surface area contributed by atoms with Crippen molar-refractivity contribution in [2.75, 3.05) is 5.75 Å². The second-order valence-electron chi connectivity index (χ2n) is 8.65. The molecule has 29 heavy (non-hydrogen) atoms. The molecule has 0 aromatic heterocycles. The van der Waals surface area contributed by atoms with Crippen LogP contribution in [0.2, 0.25) is 0 Å². The van der Waals surface area contributed by atoms with Gasteiger partial charge >= 0.3 is 18.1 Å². The van der Waals surface area contributed by atoms with E-state index in [1.165, 1.54) is 0 Å². The maximum atomic E-state index is 13.2. The topological polar surface area (TPSA) is 107 Å². The minimum absolute atomic E-state index is 0.0204. The number of hydrogen-bond acceptors (Lipinski definition) is 6. The molecule has 1 N–H and O–H groups in total. The molecule has 12 heteroatoms. The molecule has 166 valence electrons.